The highest BCUT2D eigenvalue weighted by molar-refractivity contribution is 5.86. The molecule has 2 unspecified atom stereocenters. The van der Waals surface area contributed by atoms with Crippen molar-refractivity contribution in [1.29, 1.82) is 0 Å². The summed E-state index contributed by atoms with van der Waals surface area (Å²) in [6, 6.07) is 0. The first-order valence-corrected chi connectivity index (χ1v) is 9.33. The molecule has 0 saturated heterocycles. The summed E-state index contributed by atoms with van der Waals surface area (Å²) in [5, 5.41) is 9.10. The van der Waals surface area contributed by atoms with E-state index < -0.39 is 5.97 Å². The second-order valence-electron chi connectivity index (χ2n) is 7.50. The molecule has 0 heterocycles. The average molecular weight is 331 g/mol. The van der Waals surface area contributed by atoms with Gasteiger partial charge in [0.1, 0.15) is 0 Å². The van der Waals surface area contributed by atoms with Crippen molar-refractivity contribution in [3.05, 3.63) is 47.6 Å². The number of hydrogen-bond donors (Lipinski definition) is 1. The van der Waals surface area contributed by atoms with Crippen LogP contribution in [0, 0.1) is 17.8 Å². The summed E-state index contributed by atoms with van der Waals surface area (Å²) in [5.41, 5.74) is 1.97. The SMILES string of the molecule is C/C(=C\C=C\C(C)/C=C\CC(C)C)CCC1C=C(C(=O)O)CCC1. The Hall–Kier alpha value is -1.57. The van der Waals surface area contributed by atoms with Crippen molar-refractivity contribution in [1.82, 2.24) is 0 Å². The number of hydrogen-bond acceptors (Lipinski definition) is 1. The van der Waals surface area contributed by atoms with Crippen molar-refractivity contribution < 1.29 is 9.90 Å². The molecular weight excluding hydrogens is 296 g/mol. The molecule has 1 aliphatic carbocycles. The van der Waals surface area contributed by atoms with E-state index in [1.54, 1.807) is 0 Å². The van der Waals surface area contributed by atoms with E-state index in [9.17, 15) is 4.79 Å². The van der Waals surface area contributed by atoms with Gasteiger partial charge in [-0.15, -0.1) is 0 Å². The maximum Gasteiger partial charge on any atom is 0.331 e. The first-order chi connectivity index (χ1) is 11.4. The van der Waals surface area contributed by atoms with Gasteiger partial charge in [-0.25, -0.2) is 4.79 Å². The van der Waals surface area contributed by atoms with Crippen LogP contribution in [0.25, 0.3) is 0 Å². The molecule has 0 radical (unpaired) electrons. The number of aliphatic carboxylic acids is 1. The normalized spacial score (nSPS) is 20.8. The van der Waals surface area contributed by atoms with E-state index in [-0.39, 0.29) is 0 Å². The van der Waals surface area contributed by atoms with Crippen molar-refractivity contribution in [2.75, 3.05) is 0 Å². The monoisotopic (exact) mass is 330 g/mol. The molecule has 0 aliphatic heterocycles. The van der Waals surface area contributed by atoms with Crippen molar-refractivity contribution in [2.45, 2.75) is 66.2 Å². The lowest BCUT2D eigenvalue weighted by atomic mass is 9.86. The Kier molecular flexibility index (Phi) is 9.44. The Morgan fingerprint density at radius 2 is 2.08 bits per heavy atom. The van der Waals surface area contributed by atoms with Crippen molar-refractivity contribution >= 4 is 5.97 Å². The maximum absolute atomic E-state index is 11.1. The van der Waals surface area contributed by atoms with Crippen LogP contribution in [0.3, 0.4) is 0 Å². The Morgan fingerprint density at radius 1 is 1.33 bits per heavy atom. The molecule has 1 N–H and O–H groups in total. The summed E-state index contributed by atoms with van der Waals surface area (Å²) in [5.74, 6) is 0.867. The summed E-state index contributed by atoms with van der Waals surface area (Å²) in [6.45, 7) is 8.83. The van der Waals surface area contributed by atoms with Gasteiger partial charge in [-0.3, -0.25) is 0 Å². The molecular formula is C22H34O2. The zero-order valence-corrected chi connectivity index (χ0v) is 15.8. The van der Waals surface area contributed by atoms with Crippen LogP contribution in [-0.4, -0.2) is 11.1 Å². The van der Waals surface area contributed by atoms with E-state index in [4.69, 9.17) is 5.11 Å². The smallest absolute Gasteiger partial charge is 0.331 e. The fourth-order valence-corrected chi connectivity index (χ4v) is 2.93. The molecule has 0 aromatic carbocycles. The second kappa shape index (κ2) is 11.1. The van der Waals surface area contributed by atoms with E-state index in [0.29, 0.717) is 17.4 Å². The van der Waals surface area contributed by atoms with Crippen molar-refractivity contribution in [2.24, 2.45) is 17.8 Å². The van der Waals surface area contributed by atoms with Crippen LogP contribution >= 0.6 is 0 Å². The molecule has 2 atom stereocenters. The summed E-state index contributed by atoms with van der Waals surface area (Å²) in [6.07, 6.45) is 19.2. The summed E-state index contributed by atoms with van der Waals surface area (Å²) >= 11 is 0. The first-order valence-electron chi connectivity index (χ1n) is 9.33. The van der Waals surface area contributed by atoms with E-state index in [1.165, 1.54) is 5.57 Å². The summed E-state index contributed by atoms with van der Waals surface area (Å²) in [4.78, 5) is 11.1. The Labute approximate surface area is 148 Å². The lowest BCUT2D eigenvalue weighted by Crippen LogP contribution is -2.10. The van der Waals surface area contributed by atoms with Gasteiger partial charge in [0.2, 0.25) is 0 Å². The highest BCUT2D eigenvalue weighted by Crippen LogP contribution is 2.27. The number of carboxylic acids is 1. The largest absolute Gasteiger partial charge is 0.478 e. The zero-order chi connectivity index (χ0) is 17.9. The van der Waals surface area contributed by atoms with E-state index in [0.717, 1.165) is 44.4 Å². The molecule has 0 fully saturated rings. The predicted molar refractivity (Wildman–Crippen MR) is 103 cm³/mol. The fraction of sp³-hybridized carbons (Fsp3) is 0.591. The minimum Gasteiger partial charge on any atom is -0.478 e. The zero-order valence-electron chi connectivity index (χ0n) is 15.8. The van der Waals surface area contributed by atoms with Crippen LogP contribution in [0.15, 0.2) is 47.6 Å². The Balaban J connectivity index is 2.39. The van der Waals surface area contributed by atoms with Gasteiger partial charge in [-0.05, 0) is 63.2 Å². The Bertz CT molecular complexity index is 506. The number of rotatable bonds is 9. The Morgan fingerprint density at radius 3 is 2.75 bits per heavy atom. The minimum atomic E-state index is -0.741. The number of carbonyl (C=O) groups is 1. The molecule has 0 aromatic heterocycles. The highest BCUT2D eigenvalue weighted by Gasteiger charge is 2.17. The first kappa shape index (κ1) is 20.5. The standard InChI is InChI=1S/C22H34O2/c1-17(2)8-5-9-18(3)10-6-11-19(4)14-15-20-12-7-13-21(16-20)22(23)24/h5-6,9-11,16-18,20H,7-8,12-15H2,1-4H3,(H,23,24)/b9-5-,10-6+,19-11+. The van der Waals surface area contributed by atoms with Crippen LogP contribution in [0.2, 0.25) is 0 Å². The second-order valence-corrected chi connectivity index (χ2v) is 7.50. The van der Waals surface area contributed by atoms with Crippen molar-refractivity contribution in [3.63, 3.8) is 0 Å². The lowest BCUT2D eigenvalue weighted by Gasteiger charge is -2.19. The van der Waals surface area contributed by atoms with Gasteiger partial charge in [-0.1, -0.05) is 62.8 Å². The minimum absolute atomic E-state index is 0.426. The third kappa shape index (κ3) is 8.90. The van der Waals surface area contributed by atoms with Gasteiger partial charge >= 0.3 is 5.97 Å². The molecule has 0 aromatic rings. The van der Waals surface area contributed by atoms with E-state index >= 15 is 0 Å². The van der Waals surface area contributed by atoms with Gasteiger partial charge in [0, 0.05) is 5.57 Å². The van der Waals surface area contributed by atoms with Gasteiger partial charge in [0.15, 0.2) is 0 Å². The third-order valence-electron chi connectivity index (χ3n) is 4.48. The molecule has 2 nitrogen and oxygen atoms in total. The summed E-state index contributed by atoms with van der Waals surface area (Å²) in [7, 11) is 0. The van der Waals surface area contributed by atoms with Crippen LogP contribution in [0.1, 0.15) is 66.2 Å². The van der Waals surface area contributed by atoms with E-state index in [1.807, 2.05) is 6.08 Å². The number of allylic oxidation sites excluding steroid dienone is 7. The number of carboxylic acid groups (broad SMARTS) is 1. The molecule has 24 heavy (non-hydrogen) atoms. The highest BCUT2D eigenvalue weighted by atomic mass is 16.4. The van der Waals surface area contributed by atoms with Crippen molar-refractivity contribution in [3.8, 4) is 0 Å². The molecule has 2 heteroatoms. The third-order valence-corrected chi connectivity index (χ3v) is 4.48. The van der Waals surface area contributed by atoms with Gasteiger partial charge in [0.05, 0.1) is 0 Å². The topological polar surface area (TPSA) is 37.3 Å². The van der Waals surface area contributed by atoms with Gasteiger partial charge in [0.25, 0.3) is 0 Å². The van der Waals surface area contributed by atoms with Gasteiger partial charge < -0.3 is 5.11 Å². The molecule has 0 saturated carbocycles. The molecule has 0 spiro atoms. The predicted octanol–water partition coefficient (Wildman–Crippen LogP) is 6.32. The molecule has 134 valence electrons. The van der Waals surface area contributed by atoms with E-state index in [2.05, 4.69) is 58.1 Å². The lowest BCUT2D eigenvalue weighted by molar-refractivity contribution is -0.132. The van der Waals surface area contributed by atoms with Crippen LogP contribution < -0.4 is 0 Å². The maximum atomic E-state index is 11.1. The quantitative estimate of drug-likeness (QED) is 0.397. The molecule has 1 aliphatic rings. The molecule has 0 amide bonds. The van der Waals surface area contributed by atoms with Gasteiger partial charge in [-0.2, -0.15) is 0 Å². The molecule has 1 rings (SSSR count). The summed E-state index contributed by atoms with van der Waals surface area (Å²) < 4.78 is 0. The average Bonchev–Trinajstić information content (AvgIpc) is 2.53. The molecule has 0 bridgehead atoms. The van der Waals surface area contributed by atoms with Crippen LogP contribution in [0.4, 0.5) is 0 Å². The van der Waals surface area contributed by atoms with Crippen LogP contribution in [-0.2, 0) is 4.79 Å². The fourth-order valence-electron chi connectivity index (χ4n) is 2.93. The van der Waals surface area contributed by atoms with Crippen LogP contribution in [0.5, 0.6) is 0 Å².